The fourth-order valence-corrected chi connectivity index (χ4v) is 0.526. The zero-order valence-corrected chi connectivity index (χ0v) is 5.80. The van der Waals surface area contributed by atoms with Gasteiger partial charge in [0.2, 0.25) is 0 Å². The maximum absolute atomic E-state index is 5.47. The van der Waals surface area contributed by atoms with Crippen LogP contribution in [0.1, 0.15) is 19.8 Å². The average Bonchev–Trinajstić information content (AvgIpc) is 1.83. The molecule has 52 valence electrons. The molecule has 4 N–H and O–H groups in total. The van der Waals surface area contributed by atoms with Gasteiger partial charge in [-0.1, -0.05) is 5.92 Å². The van der Waals surface area contributed by atoms with E-state index in [1.54, 1.807) is 0 Å². The molecule has 9 heavy (non-hydrogen) atoms. The minimum absolute atomic E-state index is 0.115. The Morgan fingerprint density at radius 2 is 2.00 bits per heavy atom. The van der Waals surface area contributed by atoms with E-state index < -0.39 is 0 Å². The first-order valence-electron chi connectivity index (χ1n) is 3.14. The molecule has 0 bridgehead atoms. The maximum atomic E-state index is 5.47. The van der Waals surface area contributed by atoms with E-state index in [-0.39, 0.29) is 12.1 Å². The van der Waals surface area contributed by atoms with Crippen molar-refractivity contribution in [2.24, 2.45) is 11.5 Å². The molecule has 0 saturated carbocycles. The van der Waals surface area contributed by atoms with E-state index in [0.717, 1.165) is 12.8 Å². The van der Waals surface area contributed by atoms with E-state index in [0.29, 0.717) is 0 Å². The summed E-state index contributed by atoms with van der Waals surface area (Å²) in [5.74, 6) is 2.44. The van der Waals surface area contributed by atoms with E-state index in [9.17, 15) is 0 Å². The van der Waals surface area contributed by atoms with Gasteiger partial charge in [-0.3, -0.25) is 0 Å². The van der Waals surface area contributed by atoms with Crippen molar-refractivity contribution in [3.63, 3.8) is 0 Å². The monoisotopic (exact) mass is 126 g/mol. The number of hydrogen-bond donors (Lipinski definition) is 2. The second-order valence-electron chi connectivity index (χ2n) is 2.33. The summed E-state index contributed by atoms with van der Waals surface area (Å²) in [5, 5.41) is 0. The molecule has 2 heteroatoms. The molecule has 0 radical (unpaired) electrons. The van der Waals surface area contributed by atoms with E-state index in [1.165, 1.54) is 0 Å². The lowest BCUT2D eigenvalue weighted by molar-refractivity contribution is 0.597. The normalized spacial score (nSPS) is 16.2. The largest absolute Gasteiger partial charge is 0.328 e. The third-order valence-electron chi connectivity index (χ3n) is 1.15. The Kier molecular flexibility index (Phi) is 4.12. The molecule has 0 heterocycles. The zero-order chi connectivity index (χ0) is 7.28. The Labute approximate surface area is 56.6 Å². The lowest BCUT2D eigenvalue weighted by atomic mass is 10.1. The summed E-state index contributed by atoms with van der Waals surface area (Å²) < 4.78 is 0. The molecule has 0 spiro atoms. The van der Waals surface area contributed by atoms with Crippen LogP contribution < -0.4 is 11.5 Å². The highest BCUT2D eigenvalue weighted by Crippen LogP contribution is 1.95. The molecular weight excluding hydrogens is 112 g/mol. The van der Waals surface area contributed by atoms with Crippen LogP contribution in [0.15, 0.2) is 0 Å². The van der Waals surface area contributed by atoms with Crippen LogP contribution in [-0.4, -0.2) is 12.1 Å². The minimum atomic E-state index is -0.115. The van der Waals surface area contributed by atoms with Gasteiger partial charge in [-0.05, 0) is 19.8 Å². The number of hydrogen-bond acceptors (Lipinski definition) is 2. The van der Waals surface area contributed by atoms with Crippen LogP contribution in [-0.2, 0) is 0 Å². The summed E-state index contributed by atoms with van der Waals surface area (Å²) in [6.45, 7) is 1.95. The van der Waals surface area contributed by atoms with Gasteiger partial charge in [0, 0.05) is 6.04 Å². The second-order valence-corrected chi connectivity index (χ2v) is 2.33. The van der Waals surface area contributed by atoms with E-state index in [2.05, 4.69) is 5.92 Å². The third-order valence-corrected chi connectivity index (χ3v) is 1.15. The molecule has 0 aromatic heterocycles. The molecular formula is C7H14N2. The molecule has 2 atom stereocenters. The van der Waals surface area contributed by atoms with Crippen LogP contribution in [0.3, 0.4) is 0 Å². The molecule has 0 aromatic rings. The average molecular weight is 126 g/mol. The van der Waals surface area contributed by atoms with Crippen molar-refractivity contribution in [3.05, 3.63) is 0 Å². The number of terminal acetylenes is 1. The quantitative estimate of drug-likeness (QED) is 0.526. The highest BCUT2D eigenvalue weighted by molar-refractivity contribution is 4.96. The lowest BCUT2D eigenvalue weighted by Gasteiger charge is -2.05. The summed E-state index contributed by atoms with van der Waals surface area (Å²) >= 11 is 0. The van der Waals surface area contributed by atoms with E-state index in [1.807, 2.05) is 6.92 Å². The van der Waals surface area contributed by atoms with Gasteiger partial charge in [-0.2, -0.15) is 0 Å². The standard InChI is InChI=1S/C7H14N2/c1-3-7(9)5-4-6(2)8/h1,6-7H,4-5,8-9H2,2H3/t6-,7+/m0/s1. The van der Waals surface area contributed by atoms with Crippen molar-refractivity contribution in [2.75, 3.05) is 0 Å². The van der Waals surface area contributed by atoms with Gasteiger partial charge in [0.25, 0.3) is 0 Å². The third kappa shape index (κ3) is 5.35. The first kappa shape index (κ1) is 8.48. The van der Waals surface area contributed by atoms with Crippen LogP contribution >= 0.6 is 0 Å². The van der Waals surface area contributed by atoms with Crippen molar-refractivity contribution >= 4 is 0 Å². The summed E-state index contributed by atoms with van der Waals surface area (Å²) in [7, 11) is 0. The van der Waals surface area contributed by atoms with E-state index in [4.69, 9.17) is 17.9 Å². The first-order valence-corrected chi connectivity index (χ1v) is 3.14. The second kappa shape index (κ2) is 4.37. The van der Waals surface area contributed by atoms with Crippen molar-refractivity contribution < 1.29 is 0 Å². The molecule has 0 rings (SSSR count). The molecule has 2 nitrogen and oxygen atoms in total. The number of nitrogens with two attached hydrogens (primary N) is 2. The van der Waals surface area contributed by atoms with Gasteiger partial charge in [-0.15, -0.1) is 6.42 Å². The van der Waals surface area contributed by atoms with Crippen molar-refractivity contribution in [3.8, 4) is 12.3 Å². The van der Waals surface area contributed by atoms with Gasteiger partial charge >= 0.3 is 0 Å². The predicted molar refractivity (Wildman–Crippen MR) is 39.7 cm³/mol. The highest BCUT2D eigenvalue weighted by Gasteiger charge is 1.98. The highest BCUT2D eigenvalue weighted by atomic mass is 14.6. The Hall–Kier alpha value is -0.520. The summed E-state index contributed by atoms with van der Waals surface area (Å²) in [5.41, 5.74) is 10.9. The zero-order valence-electron chi connectivity index (χ0n) is 5.80. The van der Waals surface area contributed by atoms with Crippen LogP contribution in [0.2, 0.25) is 0 Å². The molecule has 0 fully saturated rings. The Balaban J connectivity index is 3.19. The fraction of sp³-hybridized carbons (Fsp3) is 0.714. The van der Waals surface area contributed by atoms with Crippen molar-refractivity contribution in [1.29, 1.82) is 0 Å². The van der Waals surface area contributed by atoms with Gasteiger partial charge in [0.15, 0.2) is 0 Å². The van der Waals surface area contributed by atoms with Gasteiger partial charge in [-0.25, -0.2) is 0 Å². The first-order chi connectivity index (χ1) is 4.16. The van der Waals surface area contributed by atoms with Crippen LogP contribution in [0.5, 0.6) is 0 Å². The lowest BCUT2D eigenvalue weighted by Crippen LogP contribution is -2.22. The molecule has 0 aromatic carbocycles. The Bertz CT molecular complexity index is 102. The predicted octanol–water partition coefficient (Wildman–Crippen LogP) is 0.0743. The van der Waals surface area contributed by atoms with Crippen LogP contribution in [0.25, 0.3) is 0 Å². The van der Waals surface area contributed by atoms with Gasteiger partial charge in [0.05, 0.1) is 6.04 Å². The van der Waals surface area contributed by atoms with Crippen LogP contribution in [0, 0.1) is 12.3 Å². The summed E-state index contributed by atoms with van der Waals surface area (Å²) in [4.78, 5) is 0. The molecule has 0 aliphatic carbocycles. The summed E-state index contributed by atoms with van der Waals surface area (Å²) in [6.07, 6.45) is 6.78. The Morgan fingerprint density at radius 1 is 1.44 bits per heavy atom. The topological polar surface area (TPSA) is 52.0 Å². The Morgan fingerprint density at radius 3 is 2.33 bits per heavy atom. The van der Waals surface area contributed by atoms with Crippen molar-refractivity contribution in [2.45, 2.75) is 31.8 Å². The van der Waals surface area contributed by atoms with Gasteiger partial charge < -0.3 is 11.5 Å². The maximum Gasteiger partial charge on any atom is 0.0662 e. The molecule has 0 saturated heterocycles. The summed E-state index contributed by atoms with van der Waals surface area (Å²) in [6, 6.07) is 0.0976. The van der Waals surface area contributed by atoms with Crippen molar-refractivity contribution in [1.82, 2.24) is 0 Å². The molecule has 0 unspecified atom stereocenters. The smallest absolute Gasteiger partial charge is 0.0662 e. The minimum Gasteiger partial charge on any atom is -0.328 e. The molecule has 0 aliphatic rings. The van der Waals surface area contributed by atoms with E-state index >= 15 is 0 Å². The number of rotatable bonds is 3. The fourth-order valence-electron chi connectivity index (χ4n) is 0.526. The van der Waals surface area contributed by atoms with Gasteiger partial charge in [0.1, 0.15) is 0 Å². The SMILES string of the molecule is C#C[C@@H](N)CC[C@H](C)N. The molecule has 0 aliphatic heterocycles. The molecule has 0 amide bonds. The van der Waals surface area contributed by atoms with Crippen LogP contribution in [0.4, 0.5) is 0 Å².